The summed E-state index contributed by atoms with van der Waals surface area (Å²) in [5.41, 5.74) is 1.50. The van der Waals surface area contributed by atoms with Gasteiger partial charge in [0.05, 0.1) is 5.69 Å². The van der Waals surface area contributed by atoms with Gasteiger partial charge in [-0.2, -0.15) is 0 Å². The number of aliphatic carboxylic acids is 1. The molecule has 3 nitrogen and oxygen atoms in total. The fourth-order valence-corrected chi connectivity index (χ4v) is 1.88. The van der Waals surface area contributed by atoms with Crippen LogP contribution in [0.2, 0.25) is 5.02 Å². The number of carboxylic acid groups (broad SMARTS) is 1. The van der Waals surface area contributed by atoms with Crippen LogP contribution < -0.4 is 0 Å². The molecule has 1 aromatic heterocycles. The first kappa shape index (κ1) is 12.6. The van der Waals surface area contributed by atoms with E-state index in [1.54, 1.807) is 36.5 Å². The molecule has 0 fully saturated rings. The monoisotopic (exact) mass is 261 g/mol. The van der Waals surface area contributed by atoms with Gasteiger partial charge < -0.3 is 5.11 Å². The second-order valence-corrected chi connectivity index (χ2v) is 4.41. The largest absolute Gasteiger partial charge is 0.481 e. The molecular formula is C14H12ClNO2. The summed E-state index contributed by atoms with van der Waals surface area (Å²) in [5.74, 6) is -1.50. The molecule has 0 aliphatic heterocycles. The summed E-state index contributed by atoms with van der Waals surface area (Å²) < 4.78 is 0. The number of carbonyl (C=O) groups is 1. The molecule has 0 bridgehead atoms. The Morgan fingerprint density at radius 2 is 1.94 bits per heavy atom. The van der Waals surface area contributed by atoms with E-state index in [0.29, 0.717) is 17.1 Å². The molecule has 0 saturated carbocycles. The van der Waals surface area contributed by atoms with Crippen molar-refractivity contribution in [1.82, 2.24) is 4.98 Å². The first-order chi connectivity index (χ1) is 8.66. The molecule has 1 unspecified atom stereocenters. The number of nitrogens with zero attached hydrogens (tertiary/aromatic N) is 1. The van der Waals surface area contributed by atoms with E-state index in [0.717, 1.165) is 5.56 Å². The van der Waals surface area contributed by atoms with E-state index in [1.165, 1.54) is 0 Å². The van der Waals surface area contributed by atoms with E-state index in [4.69, 9.17) is 11.6 Å². The van der Waals surface area contributed by atoms with Gasteiger partial charge in [-0.3, -0.25) is 9.78 Å². The third-order valence-corrected chi connectivity index (χ3v) is 2.95. The predicted octanol–water partition coefficient (Wildman–Crippen LogP) is 3.15. The van der Waals surface area contributed by atoms with Crippen molar-refractivity contribution >= 4 is 17.6 Å². The van der Waals surface area contributed by atoms with Crippen LogP contribution in [0, 0.1) is 0 Å². The van der Waals surface area contributed by atoms with Crippen LogP contribution in [0.1, 0.15) is 17.2 Å². The Balaban J connectivity index is 2.22. The highest BCUT2D eigenvalue weighted by Gasteiger charge is 2.21. The highest BCUT2D eigenvalue weighted by molar-refractivity contribution is 6.30. The Morgan fingerprint density at radius 3 is 2.50 bits per heavy atom. The summed E-state index contributed by atoms with van der Waals surface area (Å²) in [5, 5.41) is 9.92. The highest BCUT2D eigenvalue weighted by atomic mass is 35.5. The Hall–Kier alpha value is -1.87. The van der Waals surface area contributed by atoms with E-state index in [1.807, 2.05) is 12.1 Å². The van der Waals surface area contributed by atoms with Crippen LogP contribution in [-0.4, -0.2) is 16.1 Å². The van der Waals surface area contributed by atoms with Crippen LogP contribution in [0.4, 0.5) is 0 Å². The zero-order chi connectivity index (χ0) is 13.0. The number of halogens is 1. The minimum absolute atomic E-state index is 0.406. The minimum atomic E-state index is -0.872. The van der Waals surface area contributed by atoms with Gasteiger partial charge in [-0.05, 0) is 36.2 Å². The zero-order valence-corrected chi connectivity index (χ0v) is 10.3. The maximum Gasteiger partial charge on any atom is 0.312 e. The number of hydrogen-bond donors (Lipinski definition) is 1. The molecule has 1 N–H and O–H groups in total. The second-order valence-electron chi connectivity index (χ2n) is 3.98. The van der Waals surface area contributed by atoms with E-state index < -0.39 is 11.9 Å². The summed E-state index contributed by atoms with van der Waals surface area (Å²) in [6.45, 7) is 0. The molecule has 0 aliphatic carbocycles. The number of pyridine rings is 1. The van der Waals surface area contributed by atoms with Crippen molar-refractivity contribution in [3.63, 3.8) is 0 Å². The first-order valence-electron chi connectivity index (χ1n) is 5.55. The fourth-order valence-electron chi connectivity index (χ4n) is 1.76. The van der Waals surface area contributed by atoms with Crippen LogP contribution in [0.3, 0.4) is 0 Å². The molecule has 1 aromatic carbocycles. The maximum absolute atomic E-state index is 11.3. The van der Waals surface area contributed by atoms with Gasteiger partial charge in [0.2, 0.25) is 0 Å². The van der Waals surface area contributed by atoms with E-state index >= 15 is 0 Å². The van der Waals surface area contributed by atoms with Crippen LogP contribution in [0.15, 0.2) is 48.7 Å². The van der Waals surface area contributed by atoms with Crippen LogP contribution >= 0.6 is 11.6 Å². The minimum Gasteiger partial charge on any atom is -0.481 e. The summed E-state index contributed by atoms with van der Waals surface area (Å²) in [6.07, 6.45) is 2.01. The van der Waals surface area contributed by atoms with Crippen LogP contribution in [0.5, 0.6) is 0 Å². The van der Waals surface area contributed by atoms with Crippen LogP contribution in [-0.2, 0) is 11.2 Å². The van der Waals surface area contributed by atoms with Gasteiger partial charge in [0.1, 0.15) is 5.92 Å². The van der Waals surface area contributed by atoms with E-state index in [-0.39, 0.29) is 0 Å². The van der Waals surface area contributed by atoms with Gasteiger partial charge in [-0.1, -0.05) is 29.8 Å². The zero-order valence-electron chi connectivity index (χ0n) is 9.58. The predicted molar refractivity (Wildman–Crippen MR) is 69.8 cm³/mol. The molecule has 0 radical (unpaired) electrons. The summed E-state index contributed by atoms with van der Waals surface area (Å²) in [6, 6.07) is 12.5. The lowest BCUT2D eigenvalue weighted by Crippen LogP contribution is -2.15. The average molecular weight is 262 g/mol. The molecule has 0 saturated heterocycles. The Morgan fingerprint density at radius 1 is 1.22 bits per heavy atom. The van der Waals surface area contributed by atoms with E-state index in [9.17, 15) is 9.90 Å². The van der Waals surface area contributed by atoms with Gasteiger partial charge in [0, 0.05) is 11.2 Å². The van der Waals surface area contributed by atoms with Crippen molar-refractivity contribution in [3.05, 3.63) is 64.9 Å². The molecule has 0 aliphatic rings. The lowest BCUT2D eigenvalue weighted by molar-refractivity contribution is -0.138. The molecular weight excluding hydrogens is 250 g/mol. The molecule has 4 heteroatoms. The Labute approximate surface area is 110 Å². The van der Waals surface area contributed by atoms with Gasteiger partial charge in [0.15, 0.2) is 0 Å². The number of rotatable bonds is 4. The average Bonchev–Trinajstić information content (AvgIpc) is 2.38. The molecule has 2 aromatic rings. The lowest BCUT2D eigenvalue weighted by atomic mass is 9.96. The Kier molecular flexibility index (Phi) is 3.95. The number of aromatic nitrogens is 1. The van der Waals surface area contributed by atoms with Crippen LogP contribution in [0.25, 0.3) is 0 Å². The second kappa shape index (κ2) is 5.65. The number of benzene rings is 1. The van der Waals surface area contributed by atoms with Gasteiger partial charge >= 0.3 is 5.97 Å². The normalized spacial score (nSPS) is 12.1. The fraction of sp³-hybridized carbons (Fsp3) is 0.143. The van der Waals surface area contributed by atoms with Gasteiger partial charge in [0.25, 0.3) is 0 Å². The molecule has 1 atom stereocenters. The van der Waals surface area contributed by atoms with Crippen molar-refractivity contribution in [3.8, 4) is 0 Å². The standard InChI is InChI=1S/C14H12ClNO2/c15-11-6-4-10(5-7-11)9-12(14(17)18)13-3-1-2-8-16-13/h1-8,12H,9H2,(H,17,18). The van der Waals surface area contributed by atoms with Crippen molar-refractivity contribution in [2.75, 3.05) is 0 Å². The first-order valence-corrected chi connectivity index (χ1v) is 5.93. The smallest absolute Gasteiger partial charge is 0.312 e. The topological polar surface area (TPSA) is 50.2 Å². The van der Waals surface area contributed by atoms with Crippen molar-refractivity contribution < 1.29 is 9.90 Å². The SMILES string of the molecule is O=C(O)C(Cc1ccc(Cl)cc1)c1ccccn1. The maximum atomic E-state index is 11.3. The highest BCUT2D eigenvalue weighted by Crippen LogP contribution is 2.20. The molecule has 1 heterocycles. The Bertz CT molecular complexity index is 525. The quantitative estimate of drug-likeness (QED) is 0.920. The summed E-state index contributed by atoms with van der Waals surface area (Å²) >= 11 is 5.80. The third-order valence-electron chi connectivity index (χ3n) is 2.70. The number of carboxylic acids is 1. The van der Waals surface area contributed by atoms with Crippen molar-refractivity contribution in [2.45, 2.75) is 12.3 Å². The molecule has 0 amide bonds. The van der Waals surface area contributed by atoms with Gasteiger partial charge in [-0.25, -0.2) is 0 Å². The van der Waals surface area contributed by atoms with Crippen molar-refractivity contribution in [2.24, 2.45) is 0 Å². The number of hydrogen-bond acceptors (Lipinski definition) is 2. The van der Waals surface area contributed by atoms with E-state index in [2.05, 4.69) is 4.98 Å². The third kappa shape index (κ3) is 3.08. The summed E-state index contributed by atoms with van der Waals surface area (Å²) in [7, 11) is 0. The molecule has 18 heavy (non-hydrogen) atoms. The lowest BCUT2D eigenvalue weighted by Gasteiger charge is -2.11. The molecule has 2 rings (SSSR count). The molecule has 0 spiro atoms. The summed E-state index contributed by atoms with van der Waals surface area (Å²) in [4.78, 5) is 15.4. The van der Waals surface area contributed by atoms with Gasteiger partial charge in [-0.15, -0.1) is 0 Å². The molecule has 92 valence electrons. The van der Waals surface area contributed by atoms with Crippen molar-refractivity contribution in [1.29, 1.82) is 0 Å².